The van der Waals surface area contributed by atoms with Crippen molar-refractivity contribution >= 4 is 21.5 Å². The predicted molar refractivity (Wildman–Crippen MR) is 66.5 cm³/mol. The van der Waals surface area contributed by atoms with E-state index >= 15 is 0 Å². The van der Waals surface area contributed by atoms with Gasteiger partial charge >= 0.3 is 0 Å². The van der Waals surface area contributed by atoms with Gasteiger partial charge in [-0.05, 0) is 65.4 Å². The third-order valence-electron chi connectivity index (χ3n) is 2.78. The lowest BCUT2D eigenvalue weighted by Gasteiger charge is -2.14. The molecule has 0 atom stereocenters. The highest BCUT2D eigenvalue weighted by atomic mass is 79.9. The van der Waals surface area contributed by atoms with E-state index in [0.29, 0.717) is 0 Å². The van der Waals surface area contributed by atoms with E-state index < -0.39 is 0 Å². The Kier molecular flexibility index (Phi) is 3.31. The smallest absolute Gasteiger partial charge is 0.169 e. The van der Waals surface area contributed by atoms with Crippen molar-refractivity contribution in [3.63, 3.8) is 0 Å². The molecule has 0 spiro atoms. The van der Waals surface area contributed by atoms with Gasteiger partial charge in [0.05, 0.1) is 6.07 Å². The molecule has 1 aromatic heterocycles. The number of nitrogens with zero attached hydrogens (tertiary/aromatic N) is 1. The molecular formula is C13H12BrNO. The first-order valence-corrected chi connectivity index (χ1v) is 6.06. The molecule has 0 N–H and O–H groups in total. The molecule has 16 heavy (non-hydrogen) atoms. The van der Waals surface area contributed by atoms with Crippen LogP contribution in [0, 0.1) is 11.3 Å². The van der Waals surface area contributed by atoms with Crippen molar-refractivity contribution in [1.82, 2.24) is 0 Å². The summed E-state index contributed by atoms with van der Waals surface area (Å²) in [4.78, 5) is 0. The molecule has 2 nitrogen and oxygen atoms in total. The van der Waals surface area contributed by atoms with Crippen LogP contribution >= 0.6 is 15.9 Å². The minimum atomic E-state index is 0.747. The lowest BCUT2D eigenvalue weighted by atomic mass is 9.91. The van der Waals surface area contributed by atoms with Gasteiger partial charge in [0.2, 0.25) is 0 Å². The van der Waals surface area contributed by atoms with Crippen molar-refractivity contribution in [2.75, 3.05) is 0 Å². The van der Waals surface area contributed by atoms with E-state index in [1.807, 2.05) is 19.1 Å². The number of allylic oxidation sites excluding steroid dienone is 4. The molecule has 0 aromatic carbocycles. The second-order valence-corrected chi connectivity index (χ2v) is 4.67. The normalized spacial score (nSPS) is 18.9. The molecular weight excluding hydrogens is 266 g/mol. The second-order valence-electron chi connectivity index (χ2n) is 3.89. The molecule has 2 rings (SSSR count). The summed E-state index contributed by atoms with van der Waals surface area (Å²) in [7, 11) is 0. The third kappa shape index (κ3) is 2.28. The van der Waals surface area contributed by atoms with Gasteiger partial charge in [-0.25, -0.2) is 0 Å². The topological polar surface area (TPSA) is 36.9 Å². The summed E-state index contributed by atoms with van der Waals surface area (Å²) in [6, 6.07) is 6.06. The number of hydrogen-bond acceptors (Lipinski definition) is 2. The summed E-state index contributed by atoms with van der Waals surface area (Å²) in [5.41, 5.74) is 3.13. The number of furan rings is 1. The largest absolute Gasteiger partial charge is 0.450 e. The van der Waals surface area contributed by atoms with Crippen LogP contribution < -0.4 is 0 Å². The van der Waals surface area contributed by atoms with E-state index in [4.69, 9.17) is 9.68 Å². The highest BCUT2D eigenvalue weighted by Crippen LogP contribution is 2.32. The van der Waals surface area contributed by atoms with Gasteiger partial charge in [0.1, 0.15) is 5.76 Å². The molecule has 1 aliphatic carbocycles. The molecule has 0 unspecified atom stereocenters. The molecule has 3 heteroatoms. The van der Waals surface area contributed by atoms with Crippen molar-refractivity contribution in [2.45, 2.75) is 26.2 Å². The van der Waals surface area contributed by atoms with Crippen LogP contribution in [0.3, 0.4) is 0 Å². The fourth-order valence-electron chi connectivity index (χ4n) is 1.87. The average Bonchev–Trinajstić information content (AvgIpc) is 2.75. The summed E-state index contributed by atoms with van der Waals surface area (Å²) in [6.07, 6.45) is 5.18. The molecule has 1 heterocycles. The highest BCUT2D eigenvalue weighted by molar-refractivity contribution is 9.10. The van der Waals surface area contributed by atoms with Gasteiger partial charge in [0.15, 0.2) is 4.67 Å². The Morgan fingerprint density at radius 3 is 2.88 bits per heavy atom. The molecule has 0 saturated heterocycles. The van der Waals surface area contributed by atoms with Crippen LogP contribution in [0.2, 0.25) is 0 Å². The lowest BCUT2D eigenvalue weighted by Crippen LogP contribution is -1.95. The number of nitriles is 1. The Morgan fingerprint density at radius 1 is 1.44 bits per heavy atom. The second kappa shape index (κ2) is 4.71. The SMILES string of the molecule is C/C(C#N)=C1/C=C(c2ccc(Br)o2)CCC1. The van der Waals surface area contributed by atoms with Gasteiger partial charge < -0.3 is 4.42 Å². The van der Waals surface area contributed by atoms with Crippen molar-refractivity contribution in [3.05, 3.63) is 39.8 Å². The maximum atomic E-state index is 8.88. The van der Waals surface area contributed by atoms with Crippen LogP contribution in [0.5, 0.6) is 0 Å². The predicted octanol–water partition coefficient (Wildman–Crippen LogP) is 4.45. The zero-order valence-electron chi connectivity index (χ0n) is 9.09. The fraction of sp³-hybridized carbons (Fsp3) is 0.308. The number of rotatable bonds is 1. The average molecular weight is 278 g/mol. The Balaban J connectivity index is 2.37. The van der Waals surface area contributed by atoms with Crippen LogP contribution in [-0.2, 0) is 0 Å². The van der Waals surface area contributed by atoms with Gasteiger partial charge in [-0.2, -0.15) is 5.26 Å². The highest BCUT2D eigenvalue weighted by Gasteiger charge is 2.13. The van der Waals surface area contributed by atoms with Crippen LogP contribution in [-0.4, -0.2) is 0 Å². The zero-order valence-corrected chi connectivity index (χ0v) is 10.7. The third-order valence-corrected chi connectivity index (χ3v) is 3.21. The molecule has 82 valence electrons. The molecule has 0 saturated carbocycles. The Hall–Kier alpha value is -1.27. The molecule has 0 aliphatic heterocycles. The summed E-state index contributed by atoms with van der Waals surface area (Å²) < 4.78 is 6.27. The first-order chi connectivity index (χ1) is 7.70. The van der Waals surface area contributed by atoms with E-state index in [-0.39, 0.29) is 0 Å². The zero-order chi connectivity index (χ0) is 11.5. The van der Waals surface area contributed by atoms with E-state index in [1.165, 1.54) is 5.57 Å². The minimum Gasteiger partial charge on any atom is -0.450 e. The maximum absolute atomic E-state index is 8.88. The van der Waals surface area contributed by atoms with Crippen molar-refractivity contribution in [3.8, 4) is 6.07 Å². The monoisotopic (exact) mass is 277 g/mol. The van der Waals surface area contributed by atoms with Crippen LogP contribution in [0.25, 0.3) is 5.57 Å². The quantitative estimate of drug-likeness (QED) is 0.711. The molecule has 0 amide bonds. The minimum absolute atomic E-state index is 0.747. The van der Waals surface area contributed by atoms with Crippen LogP contribution in [0.1, 0.15) is 31.9 Å². The number of hydrogen-bond donors (Lipinski definition) is 0. The molecule has 0 fully saturated rings. The summed E-state index contributed by atoms with van der Waals surface area (Å²) in [6.45, 7) is 1.87. The summed E-state index contributed by atoms with van der Waals surface area (Å²) in [5.74, 6) is 0.898. The van der Waals surface area contributed by atoms with Crippen molar-refractivity contribution < 1.29 is 4.42 Å². The Morgan fingerprint density at radius 2 is 2.25 bits per heavy atom. The van der Waals surface area contributed by atoms with Crippen molar-refractivity contribution in [2.24, 2.45) is 0 Å². The standard InChI is InChI=1S/C13H12BrNO/c1-9(8-15)10-3-2-4-11(7-10)12-5-6-13(14)16-12/h5-7H,2-4H2,1H3/b10-9-. The van der Waals surface area contributed by atoms with Crippen LogP contribution in [0.15, 0.2) is 38.4 Å². The van der Waals surface area contributed by atoms with Gasteiger partial charge in [-0.15, -0.1) is 0 Å². The van der Waals surface area contributed by atoms with E-state index in [9.17, 15) is 0 Å². The van der Waals surface area contributed by atoms with E-state index in [1.54, 1.807) is 0 Å². The first kappa shape index (κ1) is 11.2. The Bertz CT molecular complexity index is 502. The van der Waals surface area contributed by atoms with Gasteiger partial charge in [0, 0.05) is 5.57 Å². The van der Waals surface area contributed by atoms with E-state index in [2.05, 4.69) is 28.1 Å². The molecule has 1 aromatic rings. The van der Waals surface area contributed by atoms with E-state index in [0.717, 1.165) is 40.8 Å². The number of halogens is 1. The fourth-order valence-corrected chi connectivity index (χ4v) is 2.18. The summed E-state index contributed by atoms with van der Waals surface area (Å²) >= 11 is 3.30. The van der Waals surface area contributed by atoms with Gasteiger partial charge in [0.25, 0.3) is 0 Å². The van der Waals surface area contributed by atoms with Gasteiger partial charge in [-0.1, -0.05) is 6.08 Å². The van der Waals surface area contributed by atoms with Crippen LogP contribution in [0.4, 0.5) is 0 Å². The first-order valence-electron chi connectivity index (χ1n) is 5.27. The Labute approximate surface area is 103 Å². The molecule has 1 aliphatic rings. The lowest BCUT2D eigenvalue weighted by molar-refractivity contribution is 0.523. The van der Waals surface area contributed by atoms with Gasteiger partial charge in [-0.3, -0.25) is 0 Å². The van der Waals surface area contributed by atoms with Crippen molar-refractivity contribution in [1.29, 1.82) is 5.26 Å². The summed E-state index contributed by atoms with van der Waals surface area (Å²) in [5, 5.41) is 8.88. The molecule has 0 radical (unpaired) electrons. The molecule has 0 bridgehead atoms. The maximum Gasteiger partial charge on any atom is 0.169 e.